The minimum absolute atomic E-state index is 0.0621. The molecule has 8 heteroatoms. The summed E-state index contributed by atoms with van der Waals surface area (Å²) in [5.74, 6) is 1.04. The molecular formula is C20H26N4O3S. The number of carbonyl (C=O) groups excluding carboxylic acids is 1. The third kappa shape index (κ3) is 4.18. The standard InChI is InChI=1S/C20H26N4O3S/c1-5-23(6-2)11-16-22-19-18(13(3)14(4)28-19)20(26)24(16)12-17(25)21-10-15-8-7-9-27-15/h7-9H,5-6,10-12H2,1-4H3,(H,21,25). The molecule has 1 amide bonds. The number of nitrogens with one attached hydrogen (secondary N) is 1. The maximum absolute atomic E-state index is 13.2. The zero-order valence-electron chi connectivity index (χ0n) is 16.7. The van der Waals surface area contributed by atoms with E-state index < -0.39 is 0 Å². The molecule has 7 nitrogen and oxygen atoms in total. The van der Waals surface area contributed by atoms with Gasteiger partial charge in [-0.05, 0) is 44.6 Å². The van der Waals surface area contributed by atoms with E-state index in [9.17, 15) is 9.59 Å². The summed E-state index contributed by atoms with van der Waals surface area (Å²) in [5.41, 5.74) is 0.791. The van der Waals surface area contributed by atoms with Gasteiger partial charge in [0.25, 0.3) is 5.56 Å². The van der Waals surface area contributed by atoms with Gasteiger partial charge in [-0.25, -0.2) is 4.98 Å². The van der Waals surface area contributed by atoms with Crippen molar-refractivity contribution in [2.45, 2.75) is 47.3 Å². The fraction of sp³-hybridized carbons (Fsp3) is 0.450. The zero-order valence-corrected chi connectivity index (χ0v) is 17.6. The van der Waals surface area contributed by atoms with Crippen LogP contribution in [0, 0.1) is 13.8 Å². The first-order chi connectivity index (χ1) is 13.4. The molecule has 0 bridgehead atoms. The van der Waals surface area contributed by atoms with Gasteiger partial charge >= 0.3 is 0 Å². The van der Waals surface area contributed by atoms with Crippen LogP contribution in [0.15, 0.2) is 27.6 Å². The highest BCUT2D eigenvalue weighted by Crippen LogP contribution is 2.26. The highest BCUT2D eigenvalue weighted by atomic mass is 32.1. The minimum atomic E-state index is -0.245. The van der Waals surface area contributed by atoms with Crippen molar-refractivity contribution < 1.29 is 9.21 Å². The summed E-state index contributed by atoms with van der Waals surface area (Å²) in [4.78, 5) is 34.5. The van der Waals surface area contributed by atoms with E-state index in [-0.39, 0.29) is 24.6 Å². The first-order valence-corrected chi connectivity index (χ1v) is 10.3. The maximum Gasteiger partial charge on any atom is 0.263 e. The van der Waals surface area contributed by atoms with Crippen molar-refractivity contribution in [3.05, 3.63) is 50.8 Å². The highest BCUT2D eigenvalue weighted by molar-refractivity contribution is 7.18. The molecule has 3 aromatic heterocycles. The van der Waals surface area contributed by atoms with Gasteiger partial charge in [0.1, 0.15) is 23.0 Å². The van der Waals surface area contributed by atoms with E-state index in [1.54, 1.807) is 18.4 Å². The number of hydrogen-bond acceptors (Lipinski definition) is 6. The lowest BCUT2D eigenvalue weighted by atomic mass is 10.2. The van der Waals surface area contributed by atoms with Gasteiger partial charge < -0.3 is 9.73 Å². The molecule has 0 aliphatic rings. The van der Waals surface area contributed by atoms with E-state index in [1.807, 2.05) is 13.8 Å². The minimum Gasteiger partial charge on any atom is -0.467 e. The molecule has 0 aliphatic heterocycles. The molecule has 3 heterocycles. The summed E-state index contributed by atoms with van der Waals surface area (Å²) in [7, 11) is 0. The van der Waals surface area contributed by atoms with Gasteiger partial charge in [0.2, 0.25) is 5.91 Å². The van der Waals surface area contributed by atoms with Crippen LogP contribution in [0.3, 0.4) is 0 Å². The third-order valence-corrected chi connectivity index (χ3v) is 6.07. The molecule has 0 aromatic carbocycles. The van der Waals surface area contributed by atoms with Crippen LogP contribution in [0.2, 0.25) is 0 Å². The summed E-state index contributed by atoms with van der Waals surface area (Å²) in [5, 5.41) is 3.42. The normalized spacial score (nSPS) is 11.5. The van der Waals surface area contributed by atoms with Crippen LogP contribution < -0.4 is 10.9 Å². The number of nitrogens with zero attached hydrogens (tertiary/aromatic N) is 3. The van der Waals surface area contributed by atoms with E-state index in [0.717, 1.165) is 28.4 Å². The Labute approximate surface area is 168 Å². The van der Waals surface area contributed by atoms with Crippen molar-refractivity contribution in [1.29, 1.82) is 0 Å². The quantitative estimate of drug-likeness (QED) is 0.627. The molecule has 0 atom stereocenters. The van der Waals surface area contributed by atoms with Gasteiger partial charge in [0, 0.05) is 4.88 Å². The summed E-state index contributed by atoms with van der Waals surface area (Å²) >= 11 is 1.53. The molecule has 0 aliphatic carbocycles. The second kappa shape index (κ2) is 8.70. The number of carbonyl (C=O) groups is 1. The predicted octanol–water partition coefficient (Wildman–Crippen LogP) is 2.83. The Morgan fingerprint density at radius 2 is 2.07 bits per heavy atom. The van der Waals surface area contributed by atoms with E-state index in [1.165, 1.54) is 15.9 Å². The lowest BCUT2D eigenvalue weighted by Gasteiger charge is -2.20. The molecule has 0 spiro atoms. The molecule has 0 saturated heterocycles. The molecule has 28 heavy (non-hydrogen) atoms. The highest BCUT2D eigenvalue weighted by Gasteiger charge is 2.19. The Balaban J connectivity index is 1.94. The molecule has 3 aromatic rings. The molecular weight excluding hydrogens is 376 g/mol. The van der Waals surface area contributed by atoms with E-state index >= 15 is 0 Å². The van der Waals surface area contributed by atoms with Gasteiger partial charge in [-0.2, -0.15) is 0 Å². The first-order valence-electron chi connectivity index (χ1n) is 9.45. The number of rotatable bonds is 8. The number of aromatic nitrogens is 2. The molecule has 0 radical (unpaired) electrons. The van der Waals surface area contributed by atoms with Gasteiger partial charge in [-0.1, -0.05) is 13.8 Å². The summed E-state index contributed by atoms with van der Waals surface area (Å²) in [6.45, 7) is 10.5. The largest absolute Gasteiger partial charge is 0.467 e. The van der Waals surface area contributed by atoms with Crippen molar-refractivity contribution in [2.75, 3.05) is 13.1 Å². The van der Waals surface area contributed by atoms with Crippen LogP contribution in [-0.4, -0.2) is 33.4 Å². The van der Waals surface area contributed by atoms with Crippen LogP contribution >= 0.6 is 11.3 Å². The lowest BCUT2D eigenvalue weighted by Crippen LogP contribution is -2.36. The van der Waals surface area contributed by atoms with Crippen molar-refractivity contribution >= 4 is 27.5 Å². The Bertz CT molecular complexity index is 1020. The van der Waals surface area contributed by atoms with Crippen LogP contribution in [0.5, 0.6) is 0 Å². The Morgan fingerprint density at radius 1 is 1.32 bits per heavy atom. The fourth-order valence-corrected chi connectivity index (χ4v) is 4.14. The average Bonchev–Trinajstić information content (AvgIpc) is 3.29. The zero-order chi connectivity index (χ0) is 20.3. The van der Waals surface area contributed by atoms with Gasteiger partial charge in [0.15, 0.2) is 0 Å². The van der Waals surface area contributed by atoms with E-state index in [4.69, 9.17) is 9.40 Å². The second-order valence-electron chi connectivity index (χ2n) is 6.70. The average molecular weight is 403 g/mol. The molecule has 150 valence electrons. The van der Waals surface area contributed by atoms with Crippen LogP contribution in [0.4, 0.5) is 0 Å². The molecule has 0 unspecified atom stereocenters. The van der Waals surface area contributed by atoms with Gasteiger partial charge in [-0.15, -0.1) is 11.3 Å². The van der Waals surface area contributed by atoms with Crippen LogP contribution in [-0.2, 0) is 24.4 Å². The lowest BCUT2D eigenvalue weighted by molar-refractivity contribution is -0.122. The number of thiophene rings is 1. The van der Waals surface area contributed by atoms with Crippen LogP contribution in [0.1, 0.15) is 35.9 Å². The Kier molecular flexibility index (Phi) is 6.31. The van der Waals surface area contributed by atoms with E-state index in [0.29, 0.717) is 23.5 Å². The smallest absolute Gasteiger partial charge is 0.263 e. The van der Waals surface area contributed by atoms with Gasteiger partial charge in [-0.3, -0.25) is 19.1 Å². The number of amides is 1. The molecule has 0 saturated carbocycles. The topological polar surface area (TPSA) is 80.4 Å². The fourth-order valence-electron chi connectivity index (χ4n) is 3.10. The second-order valence-corrected chi connectivity index (χ2v) is 7.90. The molecule has 0 fully saturated rings. The summed E-state index contributed by atoms with van der Waals surface area (Å²) in [6.07, 6.45) is 1.56. The number of hydrogen-bond donors (Lipinski definition) is 1. The number of aryl methyl sites for hydroxylation is 2. The van der Waals surface area contributed by atoms with Crippen molar-refractivity contribution in [2.24, 2.45) is 0 Å². The number of fused-ring (bicyclic) bond motifs is 1. The SMILES string of the molecule is CCN(CC)Cc1nc2sc(C)c(C)c2c(=O)n1CC(=O)NCc1ccco1. The first kappa shape index (κ1) is 20.3. The summed E-state index contributed by atoms with van der Waals surface area (Å²) < 4.78 is 6.75. The summed E-state index contributed by atoms with van der Waals surface area (Å²) in [6, 6.07) is 3.57. The van der Waals surface area contributed by atoms with E-state index in [2.05, 4.69) is 24.1 Å². The Morgan fingerprint density at radius 3 is 2.71 bits per heavy atom. The maximum atomic E-state index is 13.2. The van der Waals surface area contributed by atoms with Gasteiger partial charge in [0.05, 0.1) is 24.7 Å². The van der Waals surface area contributed by atoms with Crippen LogP contribution in [0.25, 0.3) is 10.2 Å². The van der Waals surface area contributed by atoms with Crippen molar-refractivity contribution in [3.8, 4) is 0 Å². The Hall–Kier alpha value is -2.45. The molecule has 1 N–H and O–H groups in total. The molecule has 3 rings (SSSR count). The monoisotopic (exact) mass is 402 g/mol. The third-order valence-electron chi connectivity index (χ3n) is 4.97. The number of furan rings is 1. The predicted molar refractivity (Wildman–Crippen MR) is 111 cm³/mol. The van der Waals surface area contributed by atoms with Crippen molar-refractivity contribution in [1.82, 2.24) is 19.8 Å². The van der Waals surface area contributed by atoms with Crippen molar-refractivity contribution in [3.63, 3.8) is 0 Å².